The first-order valence-corrected chi connectivity index (χ1v) is 6.89. The monoisotopic (exact) mass is 267 g/mol. The lowest BCUT2D eigenvalue weighted by molar-refractivity contribution is 0.0979. The van der Waals surface area contributed by atoms with Gasteiger partial charge in [-0.3, -0.25) is 0 Å². The minimum atomic E-state index is -0.553. The summed E-state index contributed by atoms with van der Waals surface area (Å²) in [5, 5.41) is 13.3. The fourth-order valence-electron chi connectivity index (χ4n) is 2.48. The second kappa shape index (κ2) is 6.35. The number of aliphatic hydroxyl groups excluding tert-OH is 1. The Morgan fingerprint density at radius 3 is 2.58 bits per heavy atom. The molecular weight excluding hydrogens is 245 g/mol. The molecule has 0 bridgehead atoms. The molecule has 1 saturated carbocycles. The molecule has 1 aliphatic rings. The molecular formula is C15H22FNO2. The van der Waals surface area contributed by atoms with Crippen LogP contribution in [0.3, 0.4) is 0 Å². The molecule has 2 rings (SSSR count). The molecule has 106 valence electrons. The van der Waals surface area contributed by atoms with Gasteiger partial charge in [0.25, 0.3) is 0 Å². The SMILES string of the molecule is CC1(NCC(O)COc2ccc(F)cc2)CCCC1. The van der Waals surface area contributed by atoms with Crippen LogP contribution in [0.2, 0.25) is 0 Å². The fraction of sp³-hybridized carbons (Fsp3) is 0.600. The van der Waals surface area contributed by atoms with E-state index >= 15 is 0 Å². The van der Waals surface area contributed by atoms with E-state index < -0.39 is 6.10 Å². The van der Waals surface area contributed by atoms with Crippen molar-refractivity contribution in [1.29, 1.82) is 0 Å². The molecule has 1 aliphatic carbocycles. The van der Waals surface area contributed by atoms with Gasteiger partial charge < -0.3 is 15.2 Å². The number of rotatable bonds is 6. The Morgan fingerprint density at radius 2 is 1.95 bits per heavy atom. The van der Waals surface area contributed by atoms with Crippen molar-refractivity contribution in [2.75, 3.05) is 13.2 Å². The minimum Gasteiger partial charge on any atom is -0.491 e. The Labute approximate surface area is 113 Å². The van der Waals surface area contributed by atoms with Crippen LogP contribution in [0.5, 0.6) is 5.75 Å². The zero-order valence-corrected chi connectivity index (χ0v) is 11.4. The second-order valence-electron chi connectivity index (χ2n) is 5.57. The summed E-state index contributed by atoms with van der Waals surface area (Å²) in [6.45, 7) is 2.94. The van der Waals surface area contributed by atoms with Gasteiger partial charge in [-0.2, -0.15) is 0 Å². The first kappa shape index (κ1) is 14.3. The van der Waals surface area contributed by atoms with E-state index in [-0.39, 0.29) is 18.0 Å². The maximum Gasteiger partial charge on any atom is 0.123 e. The van der Waals surface area contributed by atoms with Crippen LogP contribution in [-0.2, 0) is 0 Å². The topological polar surface area (TPSA) is 41.5 Å². The van der Waals surface area contributed by atoms with Crippen LogP contribution in [0.1, 0.15) is 32.6 Å². The summed E-state index contributed by atoms with van der Waals surface area (Å²) in [4.78, 5) is 0. The number of benzene rings is 1. The van der Waals surface area contributed by atoms with Crippen molar-refractivity contribution in [1.82, 2.24) is 5.32 Å². The van der Waals surface area contributed by atoms with E-state index in [9.17, 15) is 9.50 Å². The quantitative estimate of drug-likeness (QED) is 0.832. The molecule has 3 nitrogen and oxygen atoms in total. The molecule has 1 unspecified atom stereocenters. The third-order valence-corrected chi connectivity index (χ3v) is 3.73. The number of β-amino-alcohol motifs (C(OH)–C–C–N with tert-alkyl or cyclic N) is 1. The molecule has 1 atom stereocenters. The number of halogens is 1. The normalized spacial score (nSPS) is 19.3. The Kier molecular flexibility index (Phi) is 4.77. The van der Waals surface area contributed by atoms with Crippen molar-refractivity contribution >= 4 is 0 Å². The second-order valence-corrected chi connectivity index (χ2v) is 5.57. The molecule has 0 aromatic heterocycles. The molecule has 0 heterocycles. The third-order valence-electron chi connectivity index (χ3n) is 3.73. The molecule has 0 amide bonds. The molecule has 1 fully saturated rings. The number of hydrogen-bond donors (Lipinski definition) is 2. The van der Waals surface area contributed by atoms with Crippen LogP contribution >= 0.6 is 0 Å². The van der Waals surface area contributed by atoms with E-state index in [0.717, 1.165) is 0 Å². The van der Waals surface area contributed by atoms with E-state index in [4.69, 9.17) is 4.74 Å². The maximum atomic E-state index is 12.7. The highest BCUT2D eigenvalue weighted by Crippen LogP contribution is 2.28. The Morgan fingerprint density at radius 1 is 1.32 bits per heavy atom. The molecule has 0 aliphatic heterocycles. The van der Waals surface area contributed by atoms with Gasteiger partial charge in [-0.15, -0.1) is 0 Å². The van der Waals surface area contributed by atoms with Crippen LogP contribution in [0.4, 0.5) is 4.39 Å². The van der Waals surface area contributed by atoms with Gasteiger partial charge in [-0.25, -0.2) is 4.39 Å². The fourth-order valence-corrected chi connectivity index (χ4v) is 2.48. The Bertz CT molecular complexity index is 388. The van der Waals surface area contributed by atoms with E-state index in [1.807, 2.05) is 0 Å². The van der Waals surface area contributed by atoms with Gasteiger partial charge in [-0.1, -0.05) is 12.8 Å². The van der Waals surface area contributed by atoms with Crippen molar-refractivity contribution in [2.45, 2.75) is 44.2 Å². The summed E-state index contributed by atoms with van der Waals surface area (Å²) in [6.07, 6.45) is 4.29. The molecule has 0 spiro atoms. The molecule has 0 saturated heterocycles. The third kappa shape index (κ3) is 4.48. The average Bonchev–Trinajstić information content (AvgIpc) is 2.83. The van der Waals surface area contributed by atoms with E-state index in [1.54, 1.807) is 12.1 Å². The average molecular weight is 267 g/mol. The molecule has 1 aromatic carbocycles. The predicted molar refractivity (Wildman–Crippen MR) is 72.8 cm³/mol. The summed E-state index contributed by atoms with van der Waals surface area (Å²) >= 11 is 0. The van der Waals surface area contributed by atoms with Crippen LogP contribution in [-0.4, -0.2) is 29.9 Å². The molecule has 19 heavy (non-hydrogen) atoms. The molecule has 2 N–H and O–H groups in total. The van der Waals surface area contributed by atoms with Crippen molar-refractivity contribution in [3.8, 4) is 5.75 Å². The van der Waals surface area contributed by atoms with E-state index in [0.29, 0.717) is 12.3 Å². The summed E-state index contributed by atoms with van der Waals surface area (Å²) in [6, 6.07) is 5.82. The van der Waals surface area contributed by atoms with Crippen LogP contribution in [0, 0.1) is 5.82 Å². The van der Waals surface area contributed by atoms with E-state index in [1.165, 1.54) is 37.8 Å². The summed E-state index contributed by atoms with van der Waals surface area (Å²) in [5.74, 6) is 0.288. The van der Waals surface area contributed by atoms with Crippen molar-refractivity contribution < 1.29 is 14.2 Å². The first-order chi connectivity index (χ1) is 9.07. The standard InChI is InChI=1S/C15H22FNO2/c1-15(8-2-3-9-15)17-10-13(18)11-19-14-6-4-12(16)5-7-14/h4-7,13,17-18H,2-3,8-11H2,1H3. The predicted octanol–water partition coefficient (Wildman–Crippen LogP) is 2.49. The number of hydrogen-bond acceptors (Lipinski definition) is 3. The van der Waals surface area contributed by atoms with Gasteiger partial charge in [0.05, 0.1) is 0 Å². The smallest absolute Gasteiger partial charge is 0.123 e. The lowest BCUT2D eigenvalue weighted by Crippen LogP contribution is -2.44. The summed E-state index contributed by atoms with van der Waals surface area (Å²) in [7, 11) is 0. The van der Waals surface area contributed by atoms with Gasteiger partial charge >= 0.3 is 0 Å². The lowest BCUT2D eigenvalue weighted by Gasteiger charge is -2.27. The lowest BCUT2D eigenvalue weighted by atomic mass is 10.0. The van der Waals surface area contributed by atoms with Gasteiger partial charge in [0.2, 0.25) is 0 Å². The minimum absolute atomic E-state index is 0.164. The van der Waals surface area contributed by atoms with Crippen molar-refractivity contribution in [3.63, 3.8) is 0 Å². The molecule has 0 radical (unpaired) electrons. The Hall–Kier alpha value is -1.13. The number of nitrogens with one attached hydrogen (secondary N) is 1. The highest BCUT2D eigenvalue weighted by atomic mass is 19.1. The van der Waals surface area contributed by atoms with E-state index in [2.05, 4.69) is 12.2 Å². The maximum absolute atomic E-state index is 12.7. The Balaban J connectivity index is 1.69. The van der Waals surface area contributed by atoms with Crippen LogP contribution in [0.15, 0.2) is 24.3 Å². The van der Waals surface area contributed by atoms with Crippen molar-refractivity contribution in [3.05, 3.63) is 30.1 Å². The van der Waals surface area contributed by atoms with Crippen LogP contribution < -0.4 is 10.1 Å². The zero-order chi connectivity index (χ0) is 13.7. The number of ether oxygens (including phenoxy) is 1. The molecule has 1 aromatic rings. The highest BCUT2D eigenvalue weighted by molar-refractivity contribution is 5.22. The summed E-state index contributed by atoms with van der Waals surface area (Å²) < 4.78 is 18.1. The molecule has 4 heteroatoms. The van der Waals surface area contributed by atoms with Crippen LogP contribution in [0.25, 0.3) is 0 Å². The van der Waals surface area contributed by atoms with Gasteiger partial charge in [0.15, 0.2) is 0 Å². The number of aliphatic hydroxyl groups is 1. The van der Waals surface area contributed by atoms with Crippen molar-refractivity contribution in [2.24, 2.45) is 0 Å². The van der Waals surface area contributed by atoms with Gasteiger partial charge in [0.1, 0.15) is 24.3 Å². The summed E-state index contributed by atoms with van der Waals surface area (Å²) in [5.41, 5.74) is 0.164. The van der Waals surface area contributed by atoms with Gasteiger partial charge in [0, 0.05) is 12.1 Å². The zero-order valence-electron chi connectivity index (χ0n) is 11.4. The van der Waals surface area contributed by atoms with Gasteiger partial charge in [-0.05, 0) is 44.0 Å². The first-order valence-electron chi connectivity index (χ1n) is 6.89. The highest BCUT2D eigenvalue weighted by Gasteiger charge is 2.28. The largest absolute Gasteiger partial charge is 0.491 e.